The molecule has 0 aromatic carbocycles. The van der Waals surface area contributed by atoms with Crippen LogP contribution in [0.4, 0.5) is 0 Å². The lowest BCUT2D eigenvalue weighted by atomic mass is 9.80. The van der Waals surface area contributed by atoms with Gasteiger partial charge in [-0.25, -0.2) is 0 Å². The van der Waals surface area contributed by atoms with Crippen LogP contribution in [-0.2, 0) is 4.43 Å². The van der Waals surface area contributed by atoms with Crippen LogP contribution in [0.5, 0.6) is 0 Å². The van der Waals surface area contributed by atoms with Crippen molar-refractivity contribution in [1.82, 2.24) is 0 Å². The molecule has 12 heavy (non-hydrogen) atoms. The third-order valence-corrected chi connectivity index (χ3v) is 3.59. The quantitative estimate of drug-likeness (QED) is 0.602. The fraction of sp³-hybridized carbons (Fsp3) is 0.600. The molecule has 0 fully saturated rings. The monoisotopic (exact) mass is 182 g/mol. The summed E-state index contributed by atoms with van der Waals surface area (Å²) in [6, 6.07) is 0. The lowest BCUT2D eigenvalue weighted by molar-refractivity contribution is 0.130. The molecule has 1 nitrogen and oxygen atoms in total. The van der Waals surface area contributed by atoms with Crippen LogP contribution in [0.15, 0.2) is 23.8 Å². The third kappa shape index (κ3) is 1.70. The summed E-state index contributed by atoms with van der Waals surface area (Å²) in [7, 11) is 0.824. The summed E-state index contributed by atoms with van der Waals surface area (Å²) < 4.78 is 5.49. The van der Waals surface area contributed by atoms with Crippen molar-refractivity contribution < 1.29 is 4.43 Å². The van der Waals surface area contributed by atoms with Crippen molar-refractivity contribution in [2.45, 2.75) is 33.3 Å². The van der Waals surface area contributed by atoms with Crippen LogP contribution >= 0.6 is 0 Å². The Morgan fingerprint density at radius 2 is 2.25 bits per heavy atom. The molecule has 0 N–H and O–H groups in total. The van der Waals surface area contributed by atoms with Crippen molar-refractivity contribution in [3.8, 4) is 0 Å². The first kappa shape index (κ1) is 9.74. The number of rotatable bonds is 3. The van der Waals surface area contributed by atoms with Crippen molar-refractivity contribution >= 4 is 10.5 Å². The smallest absolute Gasteiger partial charge is 0.146 e. The first-order valence-electron chi connectivity index (χ1n) is 4.49. The Balaban J connectivity index is 2.76. The summed E-state index contributed by atoms with van der Waals surface area (Å²) in [4.78, 5) is 0. The van der Waals surface area contributed by atoms with Crippen molar-refractivity contribution in [2.75, 3.05) is 0 Å². The van der Waals surface area contributed by atoms with Crippen molar-refractivity contribution in [3.05, 3.63) is 23.8 Å². The third-order valence-electron chi connectivity index (χ3n) is 2.89. The lowest BCUT2D eigenvalue weighted by Crippen LogP contribution is -2.29. The van der Waals surface area contributed by atoms with Crippen molar-refractivity contribution in [3.63, 3.8) is 0 Å². The van der Waals surface area contributed by atoms with Gasteiger partial charge >= 0.3 is 0 Å². The van der Waals surface area contributed by atoms with Gasteiger partial charge in [0.15, 0.2) is 0 Å². The van der Waals surface area contributed by atoms with E-state index in [4.69, 9.17) is 4.43 Å². The minimum Gasteiger partial charge on any atom is -0.424 e. The molecule has 0 heterocycles. The highest BCUT2D eigenvalue weighted by atomic mass is 28.2. The molecule has 0 aliphatic heterocycles. The molecule has 1 atom stereocenters. The molecule has 1 unspecified atom stereocenters. The zero-order chi connectivity index (χ0) is 9.19. The van der Waals surface area contributed by atoms with Gasteiger partial charge < -0.3 is 4.43 Å². The summed E-state index contributed by atoms with van der Waals surface area (Å²) in [5, 5.41) is 0. The molecule has 0 radical (unpaired) electrons. The van der Waals surface area contributed by atoms with Crippen LogP contribution < -0.4 is 0 Å². The fourth-order valence-corrected chi connectivity index (χ4v) is 2.05. The van der Waals surface area contributed by atoms with E-state index in [2.05, 4.69) is 39.0 Å². The average Bonchev–Trinajstić information content (AvgIpc) is 2.55. The Hall–Kier alpha value is -0.343. The summed E-state index contributed by atoms with van der Waals surface area (Å²) in [6.45, 7) is 6.65. The molecule has 68 valence electrons. The van der Waals surface area contributed by atoms with E-state index in [9.17, 15) is 0 Å². The maximum Gasteiger partial charge on any atom is 0.146 e. The Bertz CT molecular complexity index is 216. The van der Waals surface area contributed by atoms with Crippen LogP contribution in [0, 0.1) is 5.41 Å². The van der Waals surface area contributed by atoms with Crippen molar-refractivity contribution in [1.29, 1.82) is 0 Å². The molecule has 0 saturated heterocycles. The van der Waals surface area contributed by atoms with Crippen LogP contribution in [0.25, 0.3) is 0 Å². The number of hydrogen-bond donors (Lipinski definition) is 0. The fourth-order valence-electron chi connectivity index (χ4n) is 1.47. The van der Waals surface area contributed by atoms with E-state index < -0.39 is 0 Å². The van der Waals surface area contributed by atoms with E-state index >= 15 is 0 Å². The first-order chi connectivity index (χ1) is 5.59. The normalized spacial score (nSPS) is 19.8. The molecule has 0 spiro atoms. The average molecular weight is 182 g/mol. The molecule has 1 aliphatic rings. The Morgan fingerprint density at radius 1 is 1.58 bits per heavy atom. The zero-order valence-corrected chi connectivity index (χ0v) is 10.4. The van der Waals surface area contributed by atoms with Gasteiger partial charge in [0.25, 0.3) is 0 Å². The standard InChI is InChI=1S/C10H18OSi/c1-8(11-12)10(2,3)9-6-4-5-7-9/h4,6-8H,5H2,1-3,12H3. The lowest BCUT2D eigenvalue weighted by Gasteiger charge is -2.32. The Labute approximate surface area is 78.0 Å². The predicted octanol–water partition coefficient (Wildman–Crippen LogP) is 1.58. The SMILES string of the molecule is CC(O[SiH3])C(C)(C)C1=CCC=C1. The van der Waals surface area contributed by atoms with Crippen LogP contribution in [0.2, 0.25) is 0 Å². The highest BCUT2D eigenvalue weighted by molar-refractivity contribution is 5.98. The predicted molar refractivity (Wildman–Crippen MR) is 56.1 cm³/mol. The van der Waals surface area contributed by atoms with E-state index in [0.717, 1.165) is 16.9 Å². The maximum absolute atomic E-state index is 5.49. The Kier molecular flexibility index (Phi) is 2.91. The van der Waals surface area contributed by atoms with Gasteiger partial charge in [0.2, 0.25) is 0 Å². The molecular weight excluding hydrogens is 164 g/mol. The summed E-state index contributed by atoms with van der Waals surface area (Å²) in [5.41, 5.74) is 1.60. The molecule has 0 aromatic heterocycles. The van der Waals surface area contributed by atoms with Gasteiger partial charge in [-0.05, 0) is 18.9 Å². The van der Waals surface area contributed by atoms with Crippen LogP contribution in [0.1, 0.15) is 27.2 Å². The largest absolute Gasteiger partial charge is 0.424 e. The van der Waals surface area contributed by atoms with Gasteiger partial charge in [-0.2, -0.15) is 0 Å². The Morgan fingerprint density at radius 3 is 2.67 bits per heavy atom. The van der Waals surface area contributed by atoms with Gasteiger partial charge in [0, 0.05) is 5.41 Å². The zero-order valence-electron chi connectivity index (χ0n) is 8.42. The van der Waals surface area contributed by atoms with Gasteiger partial charge in [-0.3, -0.25) is 0 Å². The highest BCUT2D eigenvalue weighted by Gasteiger charge is 2.28. The molecule has 0 amide bonds. The first-order valence-corrected chi connectivity index (χ1v) is 5.30. The van der Waals surface area contributed by atoms with Gasteiger partial charge in [0.05, 0.1) is 6.10 Å². The molecule has 0 saturated carbocycles. The second-order valence-electron chi connectivity index (χ2n) is 3.90. The molecule has 0 aromatic rings. The van der Waals surface area contributed by atoms with Gasteiger partial charge in [-0.15, -0.1) is 0 Å². The minimum absolute atomic E-state index is 0.175. The van der Waals surface area contributed by atoms with E-state index in [0.29, 0.717) is 6.10 Å². The highest BCUT2D eigenvalue weighted by Crippen LogP contribution is 2.34. The topological polar surface area (TPSA) is 9.23 Å². The molecular formula is C10H18OSi. The molecule has 0 bridgehead atoms. The van der Waals surface area contributed by atoms with Gasteiger partial charge in [0.1, 0.15) is 10.5 Å². The van der Waals surface area contributed by atoms with Crippen LogP contribution in [0.3, 0.4) is 0 Å². The second kappa shape index (κ2) is 3.58. The summed E-state index contributed by atoms with van der Waals surface area (Å²) in [6.07, 6.45) is 8.13. The number of allylic oxidation sites excluding steroid dienone is 3. The maximum atomic E-state index is 5.49. The van der Waals surface area contributed by atoms with Gasteiger partial charge in [-0.1, -0.05) is 32.1 Å². The molecule has 1 rings (SSSR count). The van der Waals surface area contributed by atoms with Crippen LogP contribution in [-0.4, -0.2) is 16.6 Å². The summed E-state index contributed by atoms with van der Waals surface area (Å²) in [5.74, 6) is 0. The summed E-state index contributed by atoms with van der Waals surface area (Å²) >= 11 is 0. The second-order valence-corrected chi connectivity index (χ2v) is 4.37. The minimum atomic E-state index is 0.175. The van der Waals surface area contributed by atoms with E-state index in [1.165, 1.54) is 5.57 Å². The van der Waals surface area contributed by atoms with E-state index in [-0.39, 0.29) is 5.41 Å². The van der Waals surface area contributed by atoms with Crippen molar-refractivity contribution in [2.24, 2.45) is 5.41 Å². The number of hydrogen-bond acceptors (Lipinski definition) is 1. The van der Waals surface area contributed by atoms with E-state index in [1.54, 1.807) is 0 Å². The van der Waals surface area contributed by atoms with E-state index in [1.807, 2.05) is 0 Å². The molecule has 1 aliphatic carbocycles. The molecule has 2 heteroatoms.